The number of aliphatic hydroxyl groups excluding tert-OH is 2. The number of aliphatic hydroxyl groups is 2. The number of hydrogen-bond donors (Lipinski definition) is 3. The van der Waals surface area contributed by atoms with E-state index >= 15 is 0 Å². The summed E-state index contributed by atoms with van der Waals surface area (Å²) in [6.07, 6.45) is 76.5. The number of esters is 1. The first-order valence-electron chi connectivity index (χ1n) is 32.6. The first-order valence-corrected chi connectivity index (χ1v) is 32.6. The van der Waals surface area contributed by atoms with Gasteiger partial charge in [0.1, 0.15) is 0 Å². The second-order valence-corrected chi connectivity index (χ2v) is 22.5. The molecule has 72 heavy (non-hydrogen) atoms. The van der Waals surface area contributed by atoms with E-state index in [1.165, 1.54) is 289 Å². The topological polar surface area (TPSA) is 95.9 Å². The highest BCUT2D eigenvalue weighted by Gasteiger charge is 2.18. The fraction of sp³-hybridized carbons (Fsp3) is 0.909. The van der Waals surface area contributed by atoms with Crippen LogP contribution in [0.15, 0.2) is 24.3 Å². The van der Waals surface area contributed by atoms with Crippen LogP contribution in [0.4, 0.5) is 0 Å². The van der Waals surface area contributed by atoms with Gasteiger partial charge in [0, 0.05) is 12.8 Å². The van der Waals surface area contributed by atoms with Gasteiger partial charge in [0.05, 0.1) is 25.4 Å². The monoisotopic (exact) mass is 1010 g/mol. The molecule has 0 radical (unpaired) electrons. The van der Waals surface area contributed by atoms with Crippen LogP contribution in [0.25, 0.3) is 0 Å². The first kappa shape index (κ1) is 70.3. The van der Waals surface area contributed by atoms with Crippen LogP contribution in [0.2, 0.25) is 0 Å². The molecule has 0 saturated carbocycles. The summed E-state index contributed by atoms with van der Waals surface area (Å²) in [5, 5.41) is 23.2. The maximum atomic E-state index is 12.5. The minimum Gasteiger partial charge on any atom is -0.466 e. The van der Waals surface area contributed by atoms with Crippen LogP contribution in [-0.4, -0.2) is 47.4 Å². The molecular formula is C66H127NO5. The van der Waals surface area contributed by atoms with E-state index in [9.17, 15) is 19.8 Å². The van der Waals surface area contributed by atoms with Crippen LogP contribution in [0.1, 0.15) is 361 Å². The lowest BCUT2D eigenvalue weighted by molar-refractivity contribution is -0.143. The Hall–Kier alpha value is -1.66. The van der Waals surface area contributed by atoms with Crippen LogP contribution < -0.4 is 5.32 Å². The van der Waals surface area contributed by atoms with E-state index in [-0.39, 0.29) is 18.5 Å². The molecule has 2 atom stereocenters. The number of amides is 1. The first-order chi connectivity index (χ1) is 35.5. The van der Waals surface area contributed by atoms with Gasteiger partial charge < -0.3 is 20.3 Å². The van der Waals surface area contributed by atoms with Crippen LogP contribution in [0.5, 0.6) is 0 Å². The highest BCUT2D eigenvalue weighted by atomic mass is 16.5. The molecule has 0 aliphatic heterocycles. The van der Waals surface area contributed by atoms with Gasteiger partial charge in [-0.2, -0.15) is 0 Å². The van der Waals surface area contributed by atoms with Crippen molar-refractivity contribution in [2.75, 3.05) is 13.2 Å². The third-order valence-electron chi connectivity index (χ3n) is 15.2. The fourth-order valence-electron chi connectivity index (χ4n) is 10.2. The molecule has 0 spiro atoms. The predicted octanol–water partition coefficient (Wildman–Crippen LogP) is 20.6. The zero-order chi connectivity index (χ0) is 52.2. The zero-order valence-electron chi connectivity index (χ0n) is 48.7. The van der Waals surface area contributed by atoms with E-state index in [0.29, 0.717) is 19.4 Å². The highest BCUT2D eigenvalue weighted by Crippen LogP contribution is 2.18. The molecule has 6 heteroatoms. The maximum Gasteiger partial charge on any atom is 0.305 e. The molecule has 426 valence electrons. The lowest BCUT2D eigenvalue weighted by atomic mass is 10.0. The predicted molar refractivity (Wildman–Crippen MR) is 315 cm³/mol. The van der Waals surface area contributed by atoms with Gasteiger partial charge >= 0.3 is 5.97 Å². The van der Waals surface area contributed by atoms with Gasteiger partial charge in [-0.25, -0.2) is 0 Å². The standard InChI is InChI=1S/C66H127NO5/c1-3-5-7-9-11-13-15-17-19-27-30-34-38-42-46-50-54-58-64(69)63(62-68)67-65(70)59-55-51-47-43-39-35-31-28-25-23-21-22-24-26-29-33-37-41-45-49-53-57-61-72-66(71)60-56-52-48-44-40-36-32-20-18-16-14-12-10-8-6-4-2/h20,32,54,58,63-64,68-69H,3-19,21-31,33-53,55-57,59-62H2,1-2H3,(H,67,70)/b32-20-,58-54+. The van der Waals surface area contributed by atoms with Crippen LogP contribution in [-0.2, 0) is 14.3 Å². The molecule has 1 amide bonds. The molecule has 0 rings (SSSR count). The molecule has 6 nitrogen and oxygen atoms in total. The summed E-state index contributed by atoms with van der Waals surface area (Å²) in [4.78, 5) is 24.6. The van der Waals surface area contributed by atoms with Crippen LogP contribution in [0, 0.1) is 0 Å². The van der Waals surface area contributed by atoms with Crippen molar-refractivity contribution in [3.63, 3.8) is 0 Å². The molecule has 0 aliphatic carbocycles. The molecular weight excluding hydrogens is 887 g/mol. The Morgan fingerprint density at radius 2 is 0.653 bits per heavy atom. The number of carbonyl (C=O) groups excluding carboxylic acids is 2. The molecule has 0 fully saturated rings. The maximum absolute atomic E-state index is 12.5. The number of nitrogens with one attached hydrogen (secondary N) is 1. The van der Waals surface area contributed by atoms with Crippen molar-refractivity contribution in [2.24, 2.45) is 0 Å². The Kier molecular flexibility index (Phi) is 60.5. The van der Waals surface area contributed by atoms with E-state index in [0.717, 1.165) is 44.9 Å². The number of rotatable bonds is 61. The third-order valence-corrected chi connectivity index (χ3v) is 15.2. The number of hydrogen-bond acceptors (Lipinski definition) is 5. The van der Waals surface area contributed by atoms with Gasteiger partial charge in [-0.15, -0.1) is 0 Å². The molecule has 0 heterocycles. The van der Waals surface area contributed by atoms with Gasteiger partial charge in [-0.1, -0.05) is 314 Å². The summed E-state index contributed by atoms with van der Waals surface area (Å²) < 4.78 is 5.49. The molecule has 0 saturated heterocycles. The number of ether oxygens (including phenoxy) is 1. The lowest BCUT2D eigenvalue weighted by Crippen LogP contribution is -2.45. The van der Waals surface area contributed by atoms with Gasteiger partial charge in [-0.05, 0) is 57.8 Å². The smallest absolute Gasteiger partial charge is 0.305 e. The van der Waals surface area contributed by atoms with Crippen molar-refractivity contribution in [3.05, 3.63) is 24.3 Å². The second kappa shape index (κ2) is 61.9. The van der Waals surface area contributed by atoms with E-state index in [1.54, 1.807) is 6.08 Å². The highest BCUT2D eigenvalue weighted by molar-refractivity contribution is 5.76. The summed E-state index contributed by atoms with van der Waals surface area (Å²) in [7, 11) is 0. The van der Waals surface area contributed by atoms with Crippen molar-refractivity contribution in [2.45, 2.75) is 373 Å². The molecule has 0 bridgehead atoms. The minimum absolute atomic E-state index is 0.00587. The number of allylic oxidation sites excluding steroid dienone is 3. The summed E-state index contributed by atoms with van der Waals surface area (Å²) in [6, 6.07) is -0.628. The number of unbranched alkanes of at least 4 members (excludes halogenated alkanes) is 48. The van der Waals surface area contributed by atoms with Crippen LogP contribution in [0.3, 0.4) is 0 Å². The fourth-order valence-corrected chi connectivity index (χ4v) is 10.2. The SMILES string of the molecule is CCCCCCCCC/C=C\CCCCCCCC(=O)OCCCCCCCCCCCCCCCCCCCCCCCCC(=O)NC(CO)C(O)/C=C/CCCCCCCCCCCCCCCCC. The zero-order valence-corrected chi connectivity index (χ0v) is 48.7. The molecule has 0 aromatic carbocycles. The van der Waals surface area contributed by atoms with Crippen molar-refractivity contribution in [1.82, 2.24) is 5.32 Å². The van der Waals surface area contributed by atoms with Gasteiger partial charge in [-0.3, -0.25) is 9.59 Å². The van der Waals surface area contributed by atoms with Gasteiger partial charge in [0.15, 0.2) is 0 Å². The van der Waals surface area contributed by atoms with Crippen molar-refractivity contribution >= 4 is 11.9 Å². The Labute approximate surface area is 450 Å². The summed E-state index contributed by atoms with van der Waals surface area (Å²) in [5.74, 6) is -0.0598. The van der Waals surface area contributed by atoms with Crippen molar-refractivity contribution in [3.8, 4) is 0 Å². The van der Waals surface area contributed by atoms with E-state index in [1.807, 2.05) is 6.08 Å². The third kappa shape index (κ3) is 57.6. The Balaban J connectivity index is 3.40. The van der Waals surface area contributed by atoms with Crippen molar-refractivity contribution in [1.29, 1.82) is 0 Å². The summed E-state index contributed by atoms with van der Waals surface area (Å²) >= 11 is 0. The van der Waals surface area contributed by atoms with Crippen LogP contribution >= 0.6 is 0 Å². The Bertz CT molecular complexity index is 1120. The second-order valence-electron chi connectivity index (χ2n) is 22.5. The van der Waals surface area contributed by atoms with Crippen molar-refractivity contribution < 1.29 is 24.5 Å². The largest absolute Gasteiger partial charge is 0.466 e. The average molecular weight is 1010 g/mol. The Morgan fingerprint density at radius 3 is 0.986 bits per heavy atom. The number of carbonyl (C=O) groups is 2. The quantitative estimate of drug-likeness (QED) is 0.0320. The summed E-state index contributed by atoms with van der Waals surface area (Å²) in [6.45, 7) is 4.92. The molecule has 0 aromatic rings. The van der Waals surface area contributed by atoms with E-state index in [4.69, 9.17) is 4.74 Å². The van der Waals surface area contributed by atoms with E-state index < -0.39 is 12.1 Å². The van der Waals surface area contributed by atoms with Gasteiger partial charge in [0.2, 0.25) is 5.91 Å². The van der Waals surface area contributed by atoms with Gasteiger partial charge in [0.25, 0.3) is 0 Å². The van der Waals surface area contributed by atoms with E-state index in [2.05, 4.69) is 31.3 Å². The normalized spacial score (nSPS) is 12.7. The summed E-state index contributed by atoms with van der Waals surface area (Å²) in [5.41, 5.74) is 0. The molecule has 3 N–H and O–H groups in total. The Morgan fingerprint density at radius 1 is 0.375 bits per heavy atom. The lowest BCUT2D eigenvalue weighted by Gasteiger charge is -2.20. The average Bonchev–Trinajstić information content (AvgIpc) is 3.38. The molecule has 0 aliphatic rings. The molecule has 2 unspecified atom stereocenters. The minimum atomic E-state index is -0.845. The molecule has 0 aromatic heterocycles.